The third kappa shape index (κ3) is 3.05. The summed E-state index contributed by atoms with van der Waals surface area (Å²) >= 11 is 0. The van der Waals surface area contributed by atoms with Gasteiger partial charge in [0.2, 0.25) is 0 Å². The number of carbonyl (C=O) groups is 1. The molecule has 0 spiro atoms. The minimum atomic E-state index is -0.132. The van der Waals surface area contributed by atoms with E-state index in [1.54, 1.807) is 0 Å². The molecule has 2 heteroatoms. The number of benzene rings is 2. The Morgan fingerprint density at radius 1 is 0.952 bits per heavy atom. The van der Waals surface area contributed by atoms with Gasteiger partial charge in [0, 0.05) is 5.56 Å². The summed E-state index contributed by atoms with van der Waals surface area (Å²) in [7, 11) is 0. The maximum absolute atomic E-state index is 12.3. The van der Waals surface area contributed by atoms with Crippen LogP contribution in [-0.2, 0) is 16.0 Å². The topological polar surface area (TPSA) is 26.3 Å². The molecule has 2 atom stereocenters. The Balaban J connectivity index is 1.81. The molecule has 3 rings (SSSR count). The van der Waals surface area contributed by atoms with E-state index in [4.69, 9.17) is 4.74 Å². The number of ether oxygens (including phenoxy) is 1. The van der Waals surface area contributed by atoms with Gasteiger partial charge in [-0.15, -0.1) is 0 Å². The Hall–Kier alpha value is -2.35. The Bertz CT molecular complexity index is 644. The van der Waals surface area contributed by atoms with Gasteiger partial charge in [0.25, 0.3) is 0 Å². The lowest BCUT2D eigenvalue weighted by Gasteiger charge is -2.26. The van der Waals surface area contributed by atoms with Crippen LogP contribution in [0, 0.1) is 11.8 Å². The van der Waals surface area contributed by atoms with Crippen molar-refractivity contribution < 1.29 is 9.53 Å². The summed E-state index contributed by atoms with van der Waals surface area (Å²) < 4.78 is 5.55. The Morgan fingerprint density at radius 2 is 1.57 bits per heavy atom. The summed E-state index contributed by atoms with van der Waals surface area (Å²) in [4.78, 5) is 12.3. The average molecular weight is 278 g/mol. The van der Waals surface area contributed by atoms with Gasteiger partial charge in [-0.3, -0.25) is 4.79 Å². The summed E-state index contributed by atoms with van der Waals surface area (Å²) in [5.74, 6) is 0.603. The van der Waals surface area contributed by atoms with Gasteiger partial charge in [0.15, 0.2) is 0 Å². The molecule has 0 saturated heterocycles. The monoisotopic (exact) mass is 278 g/mol. The van der Waals surface area contributed by atoms with Crippen LogP contribution >= 0.6 is 0 Å². The van der Waals surface area contributed by atoms with Gasteiger partial charge in [-0.2, -0.15) is 0 Å². The van der Waals surface area contributed by atoms with Crippen molar-refractivity contribution in [2.24, 2.45) is 11.8 Å². The molecule has 1 aliphatic rings. The summed E-state index contributed by atoms with van der Waals surface area (Å²) in [6, 6.07) is 19.9. The molecule has 0 radical (unpaired) electrons. The number of hydrogen-bond acceptors (Lipinski definition) is 2. The molecule has 2 aromatic carbocycles. The van der Waals surface area contributed by atoms with E-state index in [0.29, 0.717) is 5.76 Å². The van der Waals surface area contributed by atoms with E-state index in [2.05, 4.69) is 25.1 Å². The fraction of sp³-hybridized carbons (Fsp3) is 0.211. The first-order valence-corrected chi connectivity index (χ1v) is 7.27. The lowest BCUT2D eigenvalue weighted by molar-refractivity contribution is -0.143. The highest BCUT2D eigenvalue weighted by molar-refractivity contribution is 5.83. The molecule has 0 saturated carbocycles. The molecule has 0 aromatic heterocycles. The summed E-state index contributed by atoms with van der Waals surface area (Å²) in [6.07, 6.45) is 2.78. The first-order chi connectivity index (χ1) is 10.2. The summed E-state index contributed by atoms with van der Waals surface area (Å²) in [5.41, 5.74) is 2.12. The van der Waals surface area contributed by atoms with Crippen molar-refractivity contribution in [1.29, 1.82) is 0 Å². The van der Waals surface area contributed by atoms with Gasteiger partial charge < -0.3 is 4.74 Å². The zero-order chi connectivity index (χ0) is 14.7. The highest BCUT2D eigenvalue weighted by Crippen LogP contribution is 2.31. The van der Waals surface area contributed by atoms with E-state index in [1.165, 1.54) is 5.56 Å². The van der Waals surface area contributed by atoms with Crippen LogP contribution in [0.5, 0.6) is 0 Å². The quantitative estimate of drug-likeness (QED) is 0.791. The minimum Gasteiger partial charge on any atom is -0.426 e. The summed E-state index contributed by atoms with van der Waals surface area (Å²) in [6.45, 7) is 2.08. The van der Waals surface area contributed by atoms with Crippen LogP contribution in [0.3, 0.4) is 0 Å². The van der Waals surface area contributed by atoms with Crippen molar-refractivity contribution in [2.45, 2.75) is 13.3 Å². The largest absolute Gasteiger partial charge is 0.426 e. The molecule has 0 aliphatic carbocycles. The van der Waals surface area contributed by atoms with Crippen molar-refractivity contribution in [3.8, 4) is 0 Å². The van der Waals surface area contributed by atoms with Crippen LogP contribution in [0.2, 0.25) is 0 Å². The number of cyclic esters (lactones) is 1. The van der Waals surface area contributed by atoms with Crippen molar-refractivity contribution in [2.75, 3.05) is 0 Å². The first kappa shape index (κ1) is 13.6. The Kier molecular flexibility index (Phi) is 3.87. The molecule has 2 nitrogen and oxygen atoms in total. The molecule has 0 unspecified atom stereocenters. The number of rotatable bonds is 3. The van der Waals surface area contributed by atoms with Crippen molar-refractivity contribution >= 4 is 11.7 Å². The second-order valence-electron chi connectivity index (χ2n) is 5.47. The highest BCUT2D eigenvalue weighted by Gasteiger charge is 2.31. The van der Waals surface area contributed by atoms with E-state index >= 15 is 0 Å². The number of hydrogen-bond donors (Lipinski definition) is 0. The van der Waals surface area contributed by atoms with Crippen LogP contribution < -0.4 is 0 Å². The van der Waals surface area contributed by atoms with Crippen LogP contribution in [0.15, 0.2) is 66.7 Å². The van der Waals surface area contributed by atoms with Gasteiger partial charge in [0.1, 0.15) is 5.76 Å². The first-order valence-electron chi connectivity index (χ1n) is 7.27. The van der Waals surface area contributed by atoms with Crippen LogP contribution in [0.25, 0.3) is 5.76 Å². The molecule has 0 fully saturated rings. The molecular formula is C19H18O2. The fourth-order valence-electron chi connectivity index (χ4n) is 2.68. The second-order valence-corrected chi connectivity index (χ2v) is 5.47. The molecule has 0 bridgehead atoms. The zero-order valence-corrected chi connectivity index (χ0v) is 12.0. The van der Waals surface area contributed by atoms with Crippen LogP contribution in [0.1, 0.15) is 18.1 Å². The molecule has 2 aromatic rings. The third-order valence-electron chi connectivity index (χ3n) is 3.92. The van der Waals surface area contributed by atoms with Gasteiger partial charge in [-0.05, 0) is 24.0 Å². The normalized spacial score (nSPS) is 21.6. The van der Waals surface area contributed by atoms with E-state index in [-0.39, 0.29) is 17.8 Å². The molecule has 106 valence electrons. The third-order valence-corrected chi connectivity index (χ3v) is 3.92. The van der Waals surface area contributed by atoms with E-state index in [1.807, 2.05) is 48.5 Å². The number of esters is 1. The number of carbonyl (C=O) groups excluding carboxylic acids is 1. The second kappa shape index (κ2) is 5.96. The van der Waals surface area contributed by atoms with Gasteiger partial charge in [-0.25, -0.2) is 0 Å². The lowest BCUT2D eigenvalue weighted by Crippen LogP contribution is -2.29. The predicted octanol–water partition coefficient (Wildman–Crippen LogP) is 4.08. The standard InChI is InChI=1S/C19H18O2/c1-14-12-18(16-10-6-3-7-11-16)21-19(20)17(14)13-15-8-4-2-5-9-15/h2-12,14,17H,13H2,1H3/t14-,17-/m0/s1. The lowest BCUT2D eigenvalue weighted by atomic mass is 9.85. The molecule has 21 heavy (non-hydrogen) atoms. The Labute approximate surface area is 125 Å². The maximum atomic E-state index is 12.3. The maximum Gasteiger partial charge on any atom is 0.315 e. The van der Waals surface area contributed by atoms with Crippen LogP contribution in [-0.4, -0.2) is 5.97 Å². The molecule has 1 aliphatic heterocycles. The molecule has 0 N–H and O–H groups in total. The molecular weight excluding hydrogens is 260 g/mol. The van der Waals surface area contributed by atoms with E-state index in [0.717, 1.165) is 12.0 Å². The fourth-order valence-corrected chi connectivity index (χ4v) is 2.68. The smallest absolute Gasteiger partial charge is 0.315 e. The van der Waals surface area contributed by atoms with Crippen molar-refractivity contribution in [3.05, 3.63) is 77.9 Å². The van der Waals surface area contributed by atoms with Gasteiger partial charge >= 0.3 is 5.97 Å². The van der Waals surface area contributed by atoms with Gasteiger partial charge in [0.05, 0.1) is 5.92 Å². The predicted molar refractivity (Wildman–Crippen MR) is 83.3 cm³/mol. The van der Waals surface area contributed by atoms with Crippen molar-refractivity contribution in [1.82, 2.24) is 0 Å². The Morgan fingerprint density at radius 3 is 2.19 bits per heavy atom. The SMILES string of the molecule is C[C@H]1C=C(c2ccccc2)OC(=O)[C@H]1Cc1ccccc1. The molecule has 0 amide bonds. The highest BCUT2D eigenvalue weighted by atomic mass is 16.5. The van der Waals surface area contributed by atoms with E-state index in [9.17, 15) is 4.79 Å². The average Bonchev–Trinajstić information content (AvgIpc) is 2.52. The summed E-state index contributed by atoms with van der Waals surface area (Å²) in [5, 5.41) is 0. The van der Waals surface area contributed by atoms with Gasteiger partial charge in [-0.1, -0.05) is 67.6 Å². The van der Waals surface area contributed by atoms with E-state index < -0.39 is 0 Å². The minimum absolute atomic E-state index is 0.111. The van der Waals surface area contributed by atoms with Crippen LogP contribution in [0.4, 0.5) is 0 Å². The number of allylic oxidation sites excluding steroid dienone is 1. The zero-order valence-electron chi connectivity index (χ0n) is 12.0. The molecule has 1 heterocycles. The van der Waals surface area contributed by atoms with Crippen molar-refractivity contribution in [3.63, 3.8) is 0 Å².